The van der Waals surface area contributed by atoms with Gasteiger partial charge in [0.15, 0.2) is 11.3 Å². The van der Waals surface area contributed by atoms with Crippen LogP contribution in [-0.2, 0) is 4.74 Å². The first-order valence-electron chi connectivity index (χ1n) is 21.6. The number of anilines is 2. The monoisotopic (exact) mass is 854 g/mol. The molecule has 0 bridgehead atoms. The van der Waals surface area contributed by atoms with E-state index in [1.54, 1.807) is 14.0 Å². The number of carbonyl (C=O) groups is 2. The molecule has 16 nitrogen and oxygen atoms in total. The van der Waals surface area contributed by atoms with Crippen LogP contribution >= 0.6 is 0 Å². The molecule has 0 atom stereocenters. The van der Waals surface area contributed by atoms with Gasteiger partial charge < -0.3 is 40.5 Å². The second-order valence-corrected chi connectivity index (χ2v) is 15.3. The first-order chi connectivity index (χ1) is 30.7. The summed E-state index contributed by atoms with van der Waals surface area (Å²) in [6.45, 7) is 12.1. The molecule has 0 aliphatic carbocycles. The normalized spacial score (nSPS) is 14.8. The molecule has 10 rings (SSSR count). The summed E-state index contributed by atoms with van der Waals surface area (Å²) >= 11 is 0. The molecule has 1 amide bonds. The van der Waals surface area contributed by atoms with Gasteiger partial charge in [0.1, 0.15) is 28.5 Å². The van der Waals surface area contributed by atoms with E-state index < -0.39 is 0 Å². The maximum absolute atomic E-state index is 12.6. The summed E-state index contributed by atoms with van der Waals surface area (Å²) in [7, 11) is 7.45. The number of ether oxygens (including phenoxy) is 1. The molecule has 0 unspecified atom stereocenters. The number of carbonyl (C=O) groups excluding carboxylic acids is 2. The van der Waals surface area contributed by atoms with Gasteiger partial charge in [-0.15, -0.1) is 0 Å². The predicted octanol–water partition coefficient (Wildman–Crippen LogP) is 5.07. The average Bonchev–Trinajstić information content (AvgIpc) is 3.83. The Morgan fingerprint density at radius 3 is 1.60 bits per heavy atom. The van der Waals surface area contributed by atoms with E-state index in [4.69, 9.17) is 29.8 Å². The third-order valence-electron chi connectivity index (χ3n) is 11.2. The van der Waals surface area contributed by atoms with Crippen molar-refractivity contribution in [2.45, 2.75) is 20.3 Å². The first-order valence-corrected chi connectivity index (χ1v) is 21.6. The van der Waals surface area contributed by atoms with Crippen LogP contribution in [0.3, 0.4) is 0 Å². The summed E-state index contributed by atoms with van der Waals surface area (Å²) < 4.78 is 9.28. The van der Waals surface area contributed by atoms with Crippen molar-refractivity contribution >= 4 is 78.9 Å². The fraction of sp³-hybridized carbons (Fsp3) is 0.362. The highest BCUT2D eigenvalue weighted by Gasteiger charge is 2.23. The van der Waals surface area contributed by atoms with Gasteiger partial charge >= 0.3 is 5.97 Å². The third kappa shape index (κ3) is 9.20. The summed E-state index contributed by atoms with van der Waals surface area (Å²) in [5.74, 6) is 1.41. The number of aromatic nitrogens is 6. The summed E-state index contributed by atoms with van der Waals surface area (Å²) in [4.78, 5) is 54.0. The molecule has 2 fully saturated rings. The minimum atomic E-state index is -0.363. The maximum atomic E-state index is 12.6. The Morgan fingerprint density at radius 2 is 1.10 bits per heavy atom. The number of nitrogens with zero attached hydrogens (tertiary/aromatic N) is 10. The van der Waals surface area contributed by atoms with Crippen LogP contribution < -0.4 is 20.9 Å². The van der Waals surface area contributed by atoms with Crippen molar-refractivity contribution in [1.29, 1.82) is 0 Å². The molecule has 2 saturated heterocycles. The summed E-state index contributed by atoms with van der Waals surface area (Å²) in [6.07, 6.45) is 1.12. The van der Waals surface area contributed by atoms with E-state index in [0.29, 0.717) is 29.0 Å². The zero-order chi connectivity index (χ0) is 44.6. The number of amides is 1. The Kier molecular flexibility index (Phi) is 14.3. The Morgan fingerprint density at radius 1 is 0.635 bits per heavy atom. The van der Waals surface area contributed by atoms with Crippen LogP contribution in [0.1, 0.15) is 41.0 Å². The van der Waals surface area contributed by atoms with Gasteiger partial charge in [-0.05, 0) is 109 Å². The molecule has 6 aromatic heterocycles. The lowest BCUT2D eigenvalue weighted by Gasteiger charge is -2.33. The van der Waals surface area contributed by atoms with Crippen molar-refractivity contribution < 1.29 is 19.4 Å². The number of aliphatic hydroxyl groups is 1. The fourth-order valence-corrected chi connectivity index (χ4v) is 8.09. The van der Waals surface area contributed by atoms with Crippen molar-refractivity contribution in [3.8, 4) is 0 Å². The highest BCUT2D eigenvalue weighted by molar-refractivity contribution is 6.06. The molecule has 2 aromatic carbocycles. The molecule has 63 heavy (non-hydrogen) atoms. The predicted molar refractivity (Wildman–Crippen MR) is 252 cm³/mol. The molecule has 0 radical (unpaired) electrons. The number of para-hydroxylation sites is 4. The molecule has 0 saturated carbocycles. The number of nitrogens with one attached hydrogen (secondary N) is 1. The zero-order valence-electron chi connectivity index (χ0n) is 37.1. The standard InChI is InChI=1S/C22H24N6O.C22H23N5O2.C2H6O.CH5N/c1-23-22(29)16-14-15-8-9-19(27-11-5-10-26(2)12-13-27)25-20(15)28-18-7-4-3-6-17(18)24-21(16)28;1-3-29-22(28)16-14-15-8-9-19(26-12-10-25(2)11-13-26)24-20(15)27-18-7-5-4-6-17(18)23-21(16)27;1-2-3;1-2/h3-4,6-9,14H,5,10-13H2,1-2H3,(H,23,29);4-9,14H,3,10-13H2,1-2H3;3H,2H2,1H3;2H2,1H3. The average molecular weight is 855 g/mol. The number of fused-ring (bicyclic) bond motifs is 10. The van der Waals surface area contributed by atoms with Crippen molar-refractivity contribution in [3.63, 3.8) is 0 Å². The number of pyridine rings is 4. The first kappa shape index (κ1) is 44.6. The second kappa shape index (κ2) is 20.2. The van der Waals surface area contributed by atoms with Crippen LogP contribution in [0.15, 0.2) is 84.9 Å². The van der Waals surface area contributed by atoms with Crippen LogP contribution in [0, 0.1) is 0 Å². The van der Waals surface area contributed by atoms with Gasteiger partial charge in [0.05, 0.1) is 34.2 Å². The molecule has 4 N–H and O–H groups in total. The molecular weight excluding hydrogens is 797 g/mol. The van der Waals surface area contributed by atoms with Crippen LogP contribution in [0.5, 0.6) is 0 Å². The lowest BCUT2D eigenvalue weighted by Crippen LogP contribution is -2.44. The van der Waals surface area contributed by atoms with Crippen LogP contribution in [-0.4, -0.2) is 149 Å². The van der Waals surface area contributed by atoms with Gasteiger partial charge in [0.2, 0.25) is 0 Å². The van der Waals surface area contributed by atoms with Crippen molar-refractivity contribution in [1.82, 2.24) is 43.9 Å². The number of likely N-dealkylation sites (N-methyl/N-ethyl adjacent to an activating group) is 2. The Hall–Kier alpha value is -6.46. The Balaban J connectivity index is 0.000000172. The molecule has 8 aromatic rings. The maximum Gasteiger partial charge on any atom is 0.341 e. The zero-order valence-corrected chi connectivity index (χ0v) is 37.1. The number of hydrogen-bond donors (Lipinski definition) is 3. The Labute approximate surface area is 366 Å². The number of imidazole rings is 2. The lowest BCUT2D eigenvalue weighted by molar-refractivity contribution is 0.0528. The second-order valence-electron chi connectivity index (χ2n) is 15.3. The third-order valence-corrected chi connectivity index (χ3v) is 11.2. The van der Waals surface area contributed by atoms with E-state index in [2.05, 4.69) is 56.9 Å². The van der Waals surface area contributed by atoms with Gasteiger partial charge in [0, 0.05) is 70.2 Å². The van der Waals surface area contributed by atoms with Gasteiger partial charge in [-0.3, -0.25) is 13.6 Å². The van der Waals surface area contributed by atoms with Gasteiger partial charge in [-0.2, -0.15) is 0 Å². The lowest BCUT2D eigenvalue weighted by atomic mass is 10.2. The van der Waals surface area contributed by atoms with Crippen molar-refractivity contribution in [2.24, 2.45) is 5.73 Å². The summed E-state index contributed by atoms with van der Waals surface area (Å²) in [5, 5.41) is 12.1. The van der Waals surface area contributed by atoms with Crippen LogP contribution in [0.25, 0.3) is 55.4 Å². The van der Waals surface area contributed by atoms with Gasteiger partial charge in [-0.25, -0.2) is 24.7 Å². The van der Waals surface area contributed by atoms with Crippen LogP contribution in [0.4, 0.5) is 11.6 Å². The van der Waals surface area contributed by atoms with Gasteiger partial charge in [-0.1, -0.05) is 24.3 Å². The number of nitrogens with two attached hydrogens (primary N) is 1. The number of benzene rings is 2. The van der Waals surface area contributed by atoms with Crippen molar-refractivity contribution in [3.05, 3.63) is 96.1 Å². The molecule has 0 spiro atoms. The summed E-state index contributed by atoms with van der Waals surface area (Å²) in [6, 6.07) is 27.8. The number of piperazine rings is 1. The minimum absolute atomic E-state index is 0.146. The van der Waals surface area contributed by atoms with E-state index in [1.165, 1.54) is 7.05 Å². The molecule has 2 aliphatic rings. The molecular formula is C47H58N12O4. The number of rotatable bonds is 5. The van der Waals surface area contributed by atoms with E-state index in [-0.39, 0.29) is 18.5 Å². The smallest absolute Gasteiger partial charge is 0.341 e. The molecule has 16 heteroatoms. The van der Waals surface area contributed by atoms with Crippen LogP contribution in [0.2, 0.25) is 0 Å². The van der Waals surface area contributed by atoms with Gasteiger partial charge in [0.25, 0.3) is 5.91 Å². The Bertz CT molecular complexity index is 2870. The molecule has 2 aliphatic heterocycles. The molecule has 8 heterocycles. The largest absolute Gasteiger partial charge is 0.462 e. The van der Waals surface area contributed by atoms with E-state index in [9.17, 15) is 9.59 Å². The van der Waals surface area contributed by atoms with E-state index in [0.717, 1.165) is 115 Å². The topological polar surface area (TPSA) is 175 Å². The number of aliphatic hydroxyl groups excluding tert-OH is 1. The van der Waals surface area contributed by atoms with E-state index in [1.807, 2.05) is 88.5 Å². The van der Waals surface area contributed by atoms with Crippen molar-refractivity contribution in [2.75, 3.05) is 104 Å². The highest BCUT2D eigenvalue weighted by atomic mass is 16.5. The SMILES string of the molecule is CCO.CCOC(=O)c1cc2ccc(N3CCN(C)CC3)nc2n2c1nc1ccccc12.CN.CNC(=O)c1cc2ccc(N3CCCN(C)CC3)nc2n2c1nc1ccccc12. The number of hydrogen-bond acceptors (Lipinski definition) is 13. The summed E-state index contributed by atoms with van der Waals surface area (Å²) in [5.41, 5.74) is 12.0. The quantitative estimate of drug-likeness (QED) is 0.196. The number of esters is 1. The molecule has 330 valence electrons. The van der Waals surface area contributed by atoms with E-state index >= 15 is 0 Å². The highest BCUT2D eigenvalue weighted by Crippen LogP contribution is 2.30. The minimum Gasteiger partial charge on any atom is -0.462 e. The fourth-order valence-electron chi connectivity index (χ4n) is 8.09.